The van der Waals surface area contributed by atoms with Crippen molar-refractivity contribution in [3.63, 3.8) is 0 Å². The number of amides is 1. The summed E-state index contributed by atoms with van der Waals surface area (Å²) < 4.78 is 0. The van der Waals surface area contributed by atoms with Crippen molar-refractivity contribution in [3.05, 3.63) is 53.2 Å². The summed E-state index contributed by atoms with van der Waals surface area (Å²) in [6.07, 6.45) is 2.67. The number of benzene rings is 1. The summed E-state index contributed by atoms with van der Waals surface area (Å²) >= 11 is 1.64. The highest BCUT2D eigenvalue weighted by molar-refractivity contribution is 7.16. The molecule has 2 unspecified atom stereocenters. The lowest BCUT2D eigenvalue weighted by atomic mass is 10.0. The number of hydrogen-bond acceptors (Lipinski definition) is 6. The van der Waals surface area contributed by atoms with Crippen LogP contribution < -0.4 is 10.2 Å². The predicted octanol–water partition coefficient (Wildman–Crippen LogP) is 3.64. The van der Waals surface area contributed by atoms with Crippen LogP contribution in [-0.4, -0.2) is 53.0 Å². The van der Waals surface area contributed by atoms with Gasteiger partial charge in [-0.25, -0.2) is 9.97 Å². The number of nitrogens with zero attached hydrogens (tertiary/aromatic N) is 4. The number of fused-ring (bicyclic) bond motifs is 1. The van der Waals surface area contributed by atoms with Crippen LogP contribution in [0.1, 0.15) is 37.9 Å². The number of carbonyl (C=O) groups excluding carboxylic acids is 1. The fourth-order valence-corrected chi connectivity index (χ4v) is 4.70. The molecule has 3 aromatic rings. The first-order chi connectivity index (χ1) is 14.6. The fraction of sp³-hybridized carbons (Fsp3) is 0.435. The molecule has 0 bridgehead atoms. The van der Waals surface area contributed by atoms with Crippen LogP contribution in [-0.2, 0) is 11.2 Å². The molecule has 3 heterocycles. The average molecular weight is 424 g/mol. The third-order valence-electron chi connectivity index (χ3n) is 6.03. The molecule has 4 rings (SSSR count). The molecule has 1 aromatic carbocycles. The maximum atomic E-state index is 12.9. The molecule has 1 fully saturated rings. The number of thiophene rings is 1. The van der Waals surface area contributed by atoms with Gasteiger partial charge >= 0.3 is 0 Å². The molecule has 0 aliphatic carbocycles. The van der Waals surface area contributed by atoms with Gasteiger partial charge in [0.25, 0.3) is 0 Å². The Morgan fingerprint density at radius 2 is 1.83 bits per heavy atom. The molecular weight excluding hydrogens is 394 g/mol. The quantitative estimate of drug-likeness (QED) is 0.656. The van der Waals surface area contributed by atoms with Crippen LogP contribution >= 0.6 is 11.3 Å². The molecule has 0 spiro atoms. The molecule has 0 radical (unpaired) electrons. The number of anilines is 1. The standard InChI is InChI=1S/C23H29N5OS/c1-4-18-5-7-19(8-6-18)16(2)26-22(29)17(3)27-10-12-28(13-11-27)21-20-9-14-30-23(20)25-15-24-21/h5-9,14-17H,4,10-13H2,1-3H3,(H,26,29). The van der Waals surface area contributed by atoms with Gasteiger partial charge in [-0.05, 0) is 42.8 Å². The summed E-state index contributed by atoms with van der Waals surface area (Å²) in [4.78, 5) is 27.3. The van der Waals surface area contributed by atoms with E-state index in [1.165, 1.54) is 5.56 Å². The molecule has 1 saturated heterocycles. The second kappa shape index (κ2) is 9.10. The summed E-state index contributed by atoms with van der Waals surface area (Å²) in [6.45, 7) is 9.58. The molecular formula is C23H29N5OS. The van der Waals surface area contributed by atoms with Crippen molar-refractivity contribution < 1.29 is 4.79 Å². The minimum atomic E-state index is -0.156. The molecule has 1 aliphatic rings. The topological polar surface area (TPSA) is 61.4 Å². The van der Waals surface area contributed by atoms with Crippen molar-refractivity contribution in [2.45, 2.75) is 39.3 Å². The third-order valence-corrected chi connectivity index (χ3v) is 6.85. The van der Waals surface area contributed by atoms with E-state index in [0.29, 0.717) is 0 Å². The molecule has 158 valence electrons. The van der Waals surface area contributed by atoms with Gasteiger partial charge in [0.2, 0.25) is 5.91 Å². The largest absolute Gasteiger partial charge is 0.353 e. The SMILES string of the molecule is CCc1ccc(C(C)NC(=O)C(C)N2CCN(c3ncnc4sccc34)CC2)cc1. The van der Waals surface area contributed by atoms with E-state index >= 15 is 0 Å². The number of aryl methyl sites for hydroxylation is 1. The van der Waals surface area contributed by atoms with Crippen LogP contribution in [0.25, 0.3) is 10.2 Å². The summed E-state index contributed by atoms with van der Waals surface area (Å²) in [5.41, 5.74) is 2.45. The number of hydrogen-bond donors (Lipinski definition) is 1. The van der Waals surface area contributed by atoms with E-state index in [4.69, 9.17) is 0 Å². The van der Waals surface area contributed by atoms with Gasteiger partial charge in [-0.15, -0.1) is 11.3 Å². The van der Waals surface area contributed by atoms with Crippen LogP contribution in [0.5, 0.6) is 0 Å². The van der Waals surface area contributed by atoms with E-state index in [9.17, 15) is 4.79 Å². The van der Waals surface area contributed by atoms with Crippen molar-refractivity contribution in [2.75, 3.05) is 31.1 Å². The molecule has 0 saturated carbocycles. The number of nitrogens with one attached hydrogen (secondary N) is 1. The number of carbonyl (C=O) groups is 1. The third kappa shape index (κ3) is 4.32. The molecule has 6 nitrogen and oxygen atoms in total. The Kier molecular flexibility index (Phi) is 6.29. The van der Waals surface area contributed by atoms with Crippen LogP contribution in [0.15, 0.2) is 42.0 Å². The van der Waals surface area contributed by atoms with E-state index < -0.39 is 0 Å². The van der Waals surface area contributed by atoms with Gasteiger partial charge in [0, 0.05) is 26.2 Å². The zero-order valence-electron chi connectivity index (χ0n) is 17.8. The second-order valence-corrected chi connectivity index (χ2v) is 8.76. The minimum absolute atomic E-state index is 0.0000358. The highest BCUT2D eigenvalue weighted by Gasteiger charge is 2.27. The normalized spacial score (nSPS) is 17.1. The van der Waals surface area contributed by atoms with Crippen molar-refractivity contribution >= 4 is 33.3 Å². The Hall–Kier alpha value is -2.51. The highest BCUT2D eigenvalue weighted by Crippen LogP contribution is 2.27. The van der Waals surface area contributed by atoms with Gasteiger partial charge in [-0.1, -0.05) is 31.2 Å². The van der Waals surface area contributed by atoms with Crippen molar-refractivity contribution in [2.24, 2.45) is 0 Å². The zero-order chi connectivity index (χ0) is 21.1. The van der Waals surface area contributed by atoms with Crippen LogP contribution in [0, 0.1) is 0 Å². The molecule has 30 heavy (non-hydrogen) atoms. The van der Waals surface area contributed by atoms with Crippen molar-refractivity contribution in [3.8, 4) is 0 Å². The van der Waals surface area contributed by atoms with Crippen LogP contribution in [0.3, 0.4) is 0 Å². The maximum absolute atomic E-state index is 12.9. The van der Waals surface area contributed by atoms with E-state index in [0.717, 1.165) is 54.2 Å². The van der Waals surface area contributed by atoms with Gasteiger partial charge < -0.3 is 10.2 Å². The highest BCUT2D eigenvalue weighted by atomic mass is 32.1. The van der Waals surface area contributed by atoms with E-state index in [-0.39, 0.29) is 18.0 Å². The Bertz CT molecular complexity index is 994. The fourth-order valence-electron chi connectivity index (χ4n) is 3.98. The first-order valence-electron chi connectivity index (χ1n) is 10.6. The summed E-state index contributed by atoms with van der Waals surface area (Å²) in [7, 11) is 0. The van der Waals surface area contributed by atoms with Gasteiger partial charge in [-0.3, -0.25) is 9.69 Å². The first-order valence-corrected chi connectivity index (χ1v) is 11.5. The lowest BCUT2D eigenvalue weighted by Crippen LogP contribution is -2.54. The predicted molar refractivity (Wildman–Crippen MR) is 123 cm³/mol. The Balaban J connectivity index is 1.33. The molecule has 1 amide bonds. The lowest BCUT2D eigenvalue weighted by molar-refractivity contribution is -0.126. The number of aromatic nitrogens is 2. The molecule has 2 atom stereocenters. The van der Waals surface area contributed by atoms with Crippen molar-refractivity contribution in [1.29, 1.82) is 0 Å². The van der Waals surface area contributed by atoms with Gasteiger partial charge in [0.1, 0.15) is 17.0 Å². The lowest BCUT2D eigenvalue weighted by Gasteiger charge is -2.38. The van der Waals surface area contributed by atoms with E-state index in [1.54, 1.807) is 17.7 Å². The zero-order valence-corrected chi connectivity index (χ0v) is 18.7. The van der Waals surface area contributed by atoms with E-state index in [1.807, 2.05) is 13.8 Å². The van der Waals surface area contributed by atoms with Gasteiger partial charge in [-0.2, -0.15) is 0 Å². The number of rotatable bonds is 6. The van der Waals surface area contributed by atoms with Crippen LogP contribution in [0.2, 0.25) is 0 Å². The molecule has 7 heteroatoms. The van der Waals surface area contributed by atoms with Crippen molar-refractivity contribution in [1.82, 2.24) is 20.2 Å². The second-order valence-electron chi connectivity index (χ2n) is 7.86. The maximum Gasteiger partial charge on any atom is 0.237 e. The smallest absolute Gasteiger partial charge is 0.237 e. The number of piperazine rings is 1. The first kappa shape index (κ1) is 20.8. The van der Waals surface area contributed by atoms with Gasteiger partial charge in [0.15, 0.2) is 0 Å². The summed E-state index contributed by atoms with van der Waals surface area (Å²) in [5, 5.41) is 6.35. The summed E-state index contributed by atoms with van der Waals surface area (Å²) in [6, 6.07) is 10.4. The Morgan fingerprint density at radius 1 is 1.10 bits per heavy atom. The van der Waals surface area contributed by atoms with Gasteiger partial charge in [0.05, 0.1) is 17.5 Å². The monoisotopic (exact) mass is 423 g/mol. The summed E-state index contributed by atoms with van der Waals surface area (Å²) in [5.74, 6) is 1.08. The molecule has 2 aromatic heterocycles. The Morgan fingerprint density at radius 3 is 2.53 bits per heavy atom. The molecule has 1 aliphatic heterocycles. The molecule has 1 N–H and O–H groups in total. The Labute approximate surface area is 181 Å². The average Bonchev–Trinajstić information content (AvgIpc) is 3.27. The van der Waals surface area contributed by atoms with E-state index in [2.05, 4.69) is 67.7 Å². The van der Waals surface area contributed by atoms with Crippen LogP contribution in [0.4, 0.5) is 5.82 Å². The minimum Gasteiger partial charge on any atom is -0.353 e.